The molecule has 0 aromatic rings. The summed E-state index contributed by atoms with van der Waals surface area (Å²) < 4.78 is 5.28. The van der Waals surface area contributed by atoms with Crippen LogP contribution in [0.1, 0.15) is 33.1 Å². The first-order valence-electron chi connectivity index (χ1n) is 5.23. The quantitative estimate of drug-likeness (QED) is 0.745. The van der Waals surface area contributed by atoms with E-state index in [1.165, 1.54) is 0 Å². The first kappa shape index (κ1) is 11.2. The summed E-state index contributed by atoms with van der Waals surface area (Å²) in [5.41, 5.74) is 5.82. The van der Waals surface area contributed by atoms with Gasteiger partial charge in [0.25, 0.3) is 0 Å². The molecule has 1 atom stereocenters. The molecule has 0 radical (unpaired) electrons. The van der Waals surface area contributed by atoms with Gasteiger partial charge in [0.1, 0.15) is 0 Å². The molecule has 2 N–H and O–H groups in total. The highest BCUT2D eigenvalue weighted by Crippen LogP contribution is 2.14. The lowest BCUT2D eigenvalue weighted by Crippen LogP contribution is -2.30. The molecule has 14 heavy (non-hydrogen) atoms. The number of nitrogens with two attached hydrogens (primary N) is 1. The van der Waals surface area contributed by atoms with Crippen LogP contribution >= 0.6 is 0 Å². The lowest BCUT2D eigenvalue weighted by molar-refractivity contribution is -0.119. The number of hydrogen-bond donors (Lipinski definition) is 1. The van der Waals surface area contributed by atoms with Crippen LogP contribution in [0.2, 0.25) is 0 Å². The summed E-state index contributed by atoms with van der Waals surface area (Å²) in [5, 5.41) is 0. The van der Waals surface area contributed by atoms with Crippen molar-refractivity contribution in [1.29, 1.82) is 0 Å². The van der Waals surface area contributed by atoms with Crippen LogP contribution in [0.3, 0.4) is 0 Å². The maximum absolute atomic E-state index is 11.6. The second-order valence-corrected chi connectivity index (χ2v) is 4.09. The lowest BCUT2D eigenvalue weighted by atomic mass is 9.98. The highest BCUT2D eigenvalue weighted by molar-refractivity contribution is 5.93. The molecule has 3 heteroatoms. The van der Waals surface area contributed by atoms with E-state index in [-0.39, 0.29) is 11.8 Å². The van der Waals surface area contributed by atoms with Crippen molar-refractivity contribution in [1.82, 2.24) is 0 Å². The van der Waals surface area contributed by atoms with Crippen LogP contribution in [0.15, 0.2) is 11.8 Å². The Morgan fingerprint density at radius 1 is 1.64 bits per heavy atom. The SMILES string of the molecule is CC(C)C(N)CC(=O)C1=CCCCO1. The first-order chi connectivity index (χ1) is 6.61. The summed E-state index contributed by atoms with van der Waals surface area (Å²) in [7, 11) is 0. The molecule has 1 aliphatic rings. The smallest absolute Gasteiger partial charge is 0.198 e. The first-order valence-corrected chi connectivity index (χ1v) is 5.23. The van der Waals surface area contributed by atoms with Gasteiger partial charge in [-0.05, 0) is 24.8 Å². The molecule has 1 rings (SSSR count). The highest BCUT2D eigenvalue weighted by Gasteiger charge is 2.18. The minimum Gasteiger partial charge on any atom is -0.490 e. The van der Waals surface area contributed by atoms with Crippen LogP contribution in [0.4, 0.5) is 0 Å². The van der Waals surface area contributed by atoms with Gasteiger partial charge >= 0.3 is 0 Å². The van der Waals surface area contributed by atoms with Gasteiger partial charge in [0, 0.05) is 12.5 Å². The van der Waals surface area contributed by atoms with Gasteiger partial charge in [-0.15, -0.1) is 0 Å². The largest absolute Gasteiger partial charge is 0.490 e. The average Bonchev–Trinajstić information content (AvgIpc) is 2.19. The molecule has 0 bridgehead atoms. The Bertz CT molecular complexity index is 233. The second-order valence-electron chi connectivity index (χ2n) is 4.09. The van der Waals surface area contributed by atoms with Gasteiger partial charge in [-0.3, -0.25) is 4.79 Å². The Labute approximate surface area is 85.3 Å². The standard InChI is InChI=1S/C11H19NO2/c1-8(2)9(12)7-10(13)11-5-3-4-6-14-11/h5,8-9H,3-4,6-7,12H2,1-2H3. The molecule has 0 aromatic carbocycles. The Hall–Kier alpha value is -0.830. The van der Waals surface area contributed by atoms with Gasteiger partial charge in [-0.2, -0.15) is 0 Å². The topological polar surface area (TPSA) is 52.3 Å². The molecule has 1 heterocycles. The van der Waals surface area contributed by atoms with E-state index >= 15 is 0 Å². The summed E-state index contributed by atoms with van der Waals surface area (Å²) in [6.07, 6.45) is 4.22. The minimum absolute atomic E-state index is 0.0471. The third-order valence-electron chi connectivity index (χ3n) is 2.49. The van der Waals surface area contributed by atoms with Gasteiger partial charge in [0.05, 0.1) is 6.61 Å². The molecule has 0 saturated carbocycles. The zero-order chi connectivity index (χ0) is 10.6. The molecule has 80 valence electrons. The zero-order valence-corrected chi connectivity index (χ0v) is 8.95. The van der Waals surface area contributed by atoms with Crippen molar-refractivity contribution >= 4 is 5.78 Å². The normalized spacial score (nSPS) is 18.7. The van der Waals surface area contributed by atoms with Crippen LogP contribution in [-0.2, 0) is 9.53 Å². The van der Waals surface area contributed by atoms with Crippen molar-refractivity contribution in [2.45, 2.75) is 39.2 Å². The van der Waals surface area contributed by atoms with Crippen molar-refractivity contribution in [3.8, 4) is 0 Å². The van der Waals surface area contributed by atoms with E-state index in [4.69, 9.17) is 10.5 Å². The summed E-state index contributed by atoms with van der Waals surface area (Å²) in [4.78, 5) is 11.6. The third kappa shape index (κ3) is 3.14. The molecule has 0 spiro atoms. The predicted octanol–water partition coefficient (Wildman–Crippen LogP) is 1.62. The monoisotopic (exact) mass is 197 g/mol. The Morgan fingerprint density at radius 3 is 2.86 bits per heavy atom. The molecule has 3 nitrogen and oxygen atoms in total. The summed E-state index contributed by atoms with van der Waals surface area (Å²) in [6, 6.07) is -0.0612. The van der Waals surface area contributed by atoms with Gasteiger partial charge in [0.2, 0.25) is 0 Å². The molecule has 0 saturated heterocycles. The van der Waals surface area contributed by atoms with E-state index in [1.54, 1.807) is 0 Å². The van der Waals surface area contributed by atoms with Gasteiger partial charge in [0.15, 0.2) is 11.5 Å². The highest BCUT2D eigenvalue weighted by atomic mass is 16.5. The number of carbonyl (C=O) groups excluding carboxylic acids is 1. The minimum atomic E-state index is -0.0612. The number of carbonyl (C=O) groups is 1. The van der Waals surface area contributed by atoms with Crippen LogP contribution in [0, 0.1) is 5.92 Å². The number of ketones is 1. The Balaban J connectivity index is 2.45. The van der Waals surface area contributed by atoms with Crippen molar-refractivity contribution in [2.75, 3.05) is 6.61 Å². The summed E-state index contributed by atoms with van der Waals surface area (Å²) in [5.74, 6) is 0.904. The van der Waals surface area contributed by atoms with Gasteiger partial charge in [-0.25, -0.2) is 0 Å². The van der Waals surface area contributed by atoms with Crippen LogP contribution in [-0.4, -0.2) is 18.4 Å². The van der Waals surface area contributed by atoms with E-state index in [1.807, 2.05) is 19.9 Å². The predicted molar refractivity (Wildman–Crippen MR) is 55.7 cm³/mol. The summed E-state index contributed by atoms with van der Waals surface area (Å²) in [6.45, 7) is 4.70. The average molecular weight is 197 g/mol. The molecule has 0 amide bonds. The fourth-order valence-corrected chi connectivity index (χ4v) is 1.30. The molecular formula is C11H19NO2. The van der Waals surface area contributed by atoms with E-state index in [2.05, 4.69) is 0 Å². The Morgan fingerprint density at radius 2 is 2.36 bits per heavy atom. The zero-order valence-electron chi connectivity index (χ0n) is 8.95. The number of ether oxygens (including phenoxy) is 1. The van der Waals surface area contributed by atoms with Gasteiger partial charge < -0.3 is 10.5 Å². The molecule has 1 unspecified atom stereocenters. The van der Waals surface area contributed by atoms with Crippen LogP contribution in [0.25, 0.3) is 0 Å². The maximum atomic E-state index is 11.6. The molecule has 0 fully saturated rings. The summed E-state index contributed by atoms with van der Waals surface area (Å²) >= 11 is 0. The molecule has 0 aliphatic carbocycles. The van der Waals surface area contributed by atoms with Crippen molar-refractivity contribution in [3.63, 3.8) is 0 Å². The number of rotatable bonds is 4. The lowest BCUT2D eigenvalue weighted by Gasteiger charge is -2.18. The fraction of sp³-hybridized carbons (Fsp3) is 0.727. The van der Waals surface area contributed by atoms with E-state index in [9.17, 15) is 4.79 Å². The Kier molecular flexibility index (Phi) is 4.14. The fourth-order valence-electron chi connectivity index (χ4n) is 1.30. The van der Waals surface area contributed by atoms with E-state index in [0.29, 0.717) is 24.7 Å². The van der Waals surface area contributed by atoms with Crippen LogP contribution in [0.5, 0.6) is 0 Å². The maximum Gasteiger partial charge on any atom is 0.198 e. The van der Waals surface area contributed by atoms with E-state index < -0.39 is 0 Å². The molecule has 0 aromatic heterocycles. The van der Waals surface area contributed by atoms with Crippen molar-refractivity contribution in [2.24, 2.45) is 11.7 Å². The molecule has 1 aliphatic heterocycles. The van der Waals surface area contributed by atoms with E-state index in [0.717, 1.165) is 12.8 Å². The van der Waals surface area contributed by atoms with Crippen molar-refractivity contribution < 1.29 is 9.53 Å². The van der Waals surface area contributed by atoms with Gasteiger partial charge in [-0.1, -0.05) is 13.8 Å². The third-order valence-corrected chi connectivity index (χ3v) is 2.49. The molecular weight excluding hydrogens is 178 g/mol. The number of Topliss-reactive ketones (excluding diaryl/α,β-unsaturated/α-hetero) is 1. The number of allylic oxidation sites excluding steroid dienone is 2. The number of hydrogen-bond acceptors (Lipinski definition) is 3. The second kappa shape index (κ2) is 5.15. The van der Waals surface area contributed by atoms with Crippen molar-refractivity contribution in [3.05, 3.63) is 11.8 Å². The van der Waals surface area contributed by atoms with Crippen LogP contribution < -0.4 is 5.73 Å².